The minimum Gasteiger partial charge on any atom is -0.394 e. The Hall–Kier alpha value is -2.50. The highest BCUT2D eigenvalue weighted by molar-refractivity contribution is 5.76. The molecular weight excluding hydrogens is 463 g/mol. The predicted molar refractivity (Wildman–Crippen MR) is 123 cm³/mol. The second-order valence-corrected chi connectivity index (χ2v) is 9.38. The van der Waals surface area contributed by atoms with Crippen LogP contribution in [0.1, 0.15) is 43.5 Å². The lowest BCUT2D eigenvalue weighted by Gasteiger charge is -2.35. The van der Waals surface area contributed by atoms with Crippen LogP contribution in [0, 0.1) is 5.92 Å². The van der Waals surface area contributed by atoms with Crippen molar-refractivity contribution in [3.8, 4) is 0 Å². The van der Waals surface area contributed by atoms with Gasteiger partial charge in [0.25, 0.3) is 0 Å². The number of hydrogen-bond donors (Lipinski definition) is 1. The number of hydrogen-bond acceptors (Lipinski definition) is 6. The zero-order valence-corrected chi connectivity index (χ0v) is 20.4. The molecule has 194 valence electrons. The fourth-order valence-corrected chi connectivity index (χ4v) is 4.22. The van der Waals surface area contributed by atoms with Crippen molar-refractivity contribution in [1.29, 1.82) is 0 Å². The van der Waals surface area contributed by atoms with E-state index in [1.807, 2.05) is 25.8 Å². The molecule has 2 aromatic rings. The molecule has 2 bridgehead atoms. The van der Waals surface area contributed by atoms with Crippen molar-refractivity contribution in [3.05, 3.63) is 47.3 Å². The highest BCUT2D eigenvalue weighted by atomic mass is 19.4. The molecule has 0 radical (unpaired) electrons. The molecule has 3 atom stereocenters. The minimum absolute atomic E-state index is 0.0472. The number of aliphatic hydroxyl groups excluding tert-OH is 1. The number of benzene rings is 1. The summed E-state index contributed by atoms with van der Waals surface area (Å²) in [6.07, 6.45) is -2.00. The van der Waals surface area contributed by atoms with Crippen molar-refractivity contribution in [2.75, 3.05) is 26.7 Å². The number of aromatic nitrogens is 3. The molecule has 1 aliphatic heterocycles. The number of fused-ring (bicyclic) bond motifs is 2. The predicted octanol–water partition coefficient (Wildman–Crippen LogP) is 2.95. The van der Waals surface area contributed by atoms with E-state index in [9.17, 15) is 23.1 Å². The Labute approximate surface area is 203 Å². The molecule has 1 aromatic heterocycles. The number of ether oxygens (including phenoxy) is 1. The Morgan fingerprint density at radius 1 is 1.34 bits per heavy atom. The summed E-state index contributed by atoms with van der Waals surface area (Å²) in [7, 11) is 1.83. The second-order valence-electron chi connectivity index (χ2n) is 9.38. The first-order valence-corrected chi connectivity index (χ1v) is 11.8. The average Bonchev–Trinajstić information content (AvgIpc) is 3.26. The molecule has 3 rings (SSSR count). The van der Waals surface area contributed by atoms with Gasteiger partial charge in [0.05, 0.1) is 37.1 Å². The molecule has 8 nitrogen and oxygen atoms in total. The van der Waals surface area contributed by atoms with Crippen molar-refractivity contribution in [2.45, 2.75) is 64.7 Å². The molecule has 1 aromatic carbocycles. The first-order chi connectivity index (χ1) is 16.6. The van der Waals surface area contributed by atoms with Crippen molar-refractivity contribution in [2.24, 2.45) is 5.92 Å². The van der Waals surface area contributed by atoms with Gasteiger partial charge >= 0.3 is 6.18 Å². The van der Waals surface area contributed by atoms with Crippen molar-refractivity contribution in [1.82, 2.24) is 24.8 Å². The van der Waals surface area contributed by atoms with E-state index in [0.717, 1.165) is 12.1 Å². The van der Waals surface area contributed by atoms with Gasteiger partial charge in [-0.1, -0.05) is 30.3 Å². The van der Waals surface area contributed by atoms with E-state index in [2.05, 4.69) is 10.3 Å². The number of nitrogens with zero attached hydrogens (tertiary/aromatic N) is 5. The van der Waals surface area contributed by atoms with Crippen LogP contribution in [0.4, 0.5) is 13.2 Å². The van der Waals surface area contributed by atoms with Crippen molar-refractivity contribution < 1.29 is 27.8 Å². The Morgan fingerprint density at radius 2 is 2.11 bits per heavy atom. The zero-order valence-electron chi connectivity index (χ0n) is 20.4. The molecule has 1 aliphatic rings. The van der Waals surface area contributed by atoms with E-state index in [1.165, 1.54) is 6.07 Å². The highest BCUT2D eigenvalue weighted by Gasteiger charge is 2.31. The first-order valence-electron chi connectivity index (χ1n) is 11.8. The number of likely N-dealkylation sites (N-methyl/N-ethyl adjacent to an activating group) is 1. The summed E-state index contributed by atoms with van der Waals surface area (Å²) in [5.74, 6) is -0.151. The smallest absolute Gasteiger partial charge is 0.394 e. The van der Waals surface area contributed by atoms with Crippen LogP contribution in [0.15, 0.2) is 30.5 Å². The third kappa shape index (κ3) is 7.74. The van der Waals surface area contributed by atoms with Crippen LogP contribution in [0.25, 0.3) is 0 Å². The second kappa shape index (κ2) is 12.0. The largest absolute Gasteiger partial charge is 0.416 e. The average molecular weight is 498 g/mol. The number of rotatable bonds is 6. The fraction of sp³-hybridized carbons (Fsp3) is 0.625. The van der Waals surface area contributed by atoms with E-state index in [4.69, 9.17) is 4.74 Å². The summed E-state index contributed by atoms with van der Waals surface area (Å²) in [4.78, 5) is 16.5. The molecule has 0 fully saturated rings. The fourth-order valence-electron chi connectivity index (χ4n) is 4.22. The number of halogens is 3. The van der Waals surface area contributed by atoms with Gasteiger partial charge in [0.2, 0.25) is 5.91 Å². The summed E-state index contributed by atoms with van der Waals surface area (Å²) in [5.41, 5.74) is 0.549. The molecule has 2 heterocycles. The topological polar surface area (TPSA) is 83.7 Å². The van der Waals surface area contributed by atoms with Crippen LogP contribution in [0.3, 0.4) is 0 Å². The van der Waals surface area contributed by atoms with E-state index < -0.39 is 11.7 Å². The molecule has 35 heavy (non-hydrogen) atoms. The van der Waals surface area contributed by atoms with E-state index in [1.54, 1.807) is 21.8 Å². The SMILES string of the molecule is C[C@H]1CN([C@@H](C)CO)C(=O)CCCn2cc(nn2)CO[C@@H]1CN(C)Cc1cccc(C(F)(F)F)c1. The summed E-state index contributed by atoms with van der Waals surface area (Å²) >= 11 is 0. The molecule has 0 unspecified atom stereocenters. The van der Waals surface area contributed by atoms with Crippen LogP contribution < -0.4 is 0 Å². The van der Waals surface area contributed by atoms with Gasteiger partial charge in [-0.3, -0.25) is 14.4 Å². The highest BCUT2D eigenvalue weighted by Crippen LogP contribution is 2.29. The van der Waals surface area contributed by atoms with E-state index in [-0.39, 0.29) is 37.2 Å². The first kappa shape index (κ1) is 27.1. The summed E-state index contributed by atoms with van der Waals surface area (Å²) in [5, 5.41) is 17.9. The molecule has 1 amide bonds. The van der Waals surface area contributed by atoms with Crippen LogP contribution in [0.2, 0.25) is 0 Å². The lowest BCUT2D eigenvalue weighted by Crippen LogP contribution is -2.47. The van der Waals surface area contributed by atoms with Crippen LogP contribution in [-0.4, -0.2) is 74.7 Å². The normalized spacial score (nSPS) is 21.4. The molecule has 0 spiro atoms. The molecule has 0 saturated heterocycles. The Balaban J connectivity index is 1.76. The standard InChI is InChI=1S/C24H34F3N5O3/c1-17-11-32(18(2)15-33)23(34)8-5-9-31-13-21(28-29-31)16-35-22(17)14-30(3)12-19-6-4-7-20(10-19)24(25,26)27/h4,6-7,10,13,17-18,22,33H,5,8-9,11-12,14-16H2,1-3H3/t17-,18-,22+/m0/s1. The molecule has 0 saturated carbocycles. The van der Waals surface area contributed by atoms with Crippen molar-refractivity contribution >= 4 is 5.91 Å². The Kier molecular flexibility index (Phi) is 9.26. The number of aliphatic hydroxyl groups is 1. The number of carbonyl (C=O) groups is 1. The van der Waals surface area contributed by atoms with E-state index >= 15 is 0 Å². The maximum absolute atomic E-state index is 13.1. The zero-order chi connectivity index (χ0) is 25.6. The number of aryl methyl sites for hydroxylation is 1. The lowest BCUT2D eigenvalue weighted by atomic mass is 10.0. The van der Waals surface area contributed by atoms with Gasteiger partial charge in [-0.05, 0) is 32.0 Å². The molecule has 1 N–H and O–H groups in total. The number of carbonyl (C=O) groups excluding carboxylic acids is 1. The monoisotopic (exact) mass is 497 g/mol. The lowest BCUT2D eigenvalue weighted by molar-refractivity contribution is -0.138. The molecular formula is C24H34F3N5O3. The van der Waals surface area contributed by atoms with Crippen LogP contribution >= 0.6 is 0 Å². The third-order valence-electron chi connectivity index (χ3n) is 6.24. The van der Waals surface area contributed by atoms with Crippen LogP contribution in [0.5, 0.6) is 0 Å². The Bertz CT molecular complexity index is 968. The van der Waals surface area contributed by atoms with Crippen molar-refractivity contribution in [3.63, 3.8) is 0 Å². The minimum atomic E-state index is -4.39. The molecule has 0 aliphatic carbocycles. The molecule has 11 heteroatoms. The summed E-state index contributed by atoms with van der Waals surface area (Å²) in [6, 6.07) is 4.96. The Morgan fingerprint density at radius 3 is 2.83 bits per heavy atom. The van der Waals surface area contributed by atoms with Gasteiger partial charge in [-0.2, -0.15) is 13.2 Å². The quantitative estimate of drug-likeness (QED) is 0.661. The number of alkyl halides is 3. The van der Waals surface area contributed by atoms with Crippen LogP contribution in [-0.2, 0) is 35.4 Å². The van der Waals surface area contributed by atoms with Gasteiger partial charge in [0.15, 0.2) is 0 Å². The number of amides is 1. The van der Waals surface area contributed by atoms with E-state index in [0.29, 0.717) is 50.3 Å². The van der Waals surface area contributed by atoms with Gasteiger partial charge in [0.1, 0.15) is 5.69 Å². The van der Waals surface area contributed by atoms with Gasteiger partial charge in [-0.15, -0.1) is 5.10 Å². The third-order valence-corrected chi connectivity index (χ3v) is 6.24. The van der Waals surface area contributed by atoms with Gasteiger partial charge in [0, 0.05) is 38.5 Å². The maximum atomic E-state index is 13.1. The van der Waals surface area contributed by atoms with Gasteiger partial charge in [-0.25, -0.2) is 0 Å². The van der Waals surface area contributed by atoms with Gasteiger partial charge < -0.3 is 14.7 Å². The maximum Gasteiger partial charge on any atom is 0.416 e. The summed E-state index contributed by atoms with van der Waals surface area (Å²) in [6.45, 7) is 5.56. The summed E-state index contributed by atoms with van der Waals surface area (Å²) < 4.78 is 47.2.